The van der Waals surface area contributed by atoms with Crippen molar-refractivity contribution in [2.45, 2.75) is 12.8 Å². The molecule has 0 aliphatic heterocycles. The molecule has 0 saturated heterocycles. The third-order valence-corrected chi connectivity index (χ3v) is 1.86. The molecule has 0 aromatic carbocycles. The molecule has 0 nitrogen and oxygen atoms in total. The zero-order valence-electron chi connectivity index (χ0n) is 6.38. The third kappa shape index (κ3) is 1.51. The Morgan fingerprint density at radius 1 is 0.909 bits per heavy atom. The lowest BCUT2D eigenvalue weighted by molar-refractivity contribution is 1.19. The Bertz CT molecular complexity index is 234. The molecule has 0 spiro atoms. The summed E-state index contributed by atoms with van der Waals surface area (Å²) >= 11 is 0. The Morgan fingerprint density at radius 3 is 1.82 bits per heavy atom. The molecule has 54 valence electrons. The molecular formula is C11H10. The van der Waals surface area contributed by atoms with Crippen LogP contribution in [0.2, 0.25) is 0 Å². The Labute approximate surface area is 67.6 Å². The average molecular weight is 142 g/mol. The van der Waals surface area contributed by atoms with Crippen molar-refractivity contribution in [1.29, 1.82) is 0 Å². The maximum absolute atomic E-state index is 3.38. The maximum atomic E-state index is 3.38. The van der Waals surface area contributed by atoms with E-state index in [2.05, 4.69) is 42.9 Å². The molecule has 0 amide bonds. The quantitative estimate of drug-likeness (QED) is 0.556. The topological polar surface area (TPSA) is 0 Å². The summed E-state index contributed by atoms with van der Waals surface area (Å²) in [5.41, 5.74) is 2.61. The van der Waals surface area contributed by atoms with E-state index in [4.69, 9.17) is 0 Å². The van der Waals surface area contributed by atoms with Crippen molar-refractivity contribution in [1.82, 2.24) is 0 Å². The molecule has 0 fully saturated rings. The number of hydrogen-bond acceptors (Lipinski definition) is 0. The van der Waals surface area contributed by atoms with E-state index in [0.717, 1.165) is 12.8 Å². The van der Waals surface area contributed by atoms with E-state index >= 15 is 0 Å². The number of rotatable bonds is 2. The van der Waals surface area contributed by atoms with E-state index in [1.54, 1.807) is 0 Å². The number of hydrogen-bond donors (Lipinski definition) is 0. The second-order valence-electron chi connectivity index (χ2n) is 2.77. The third-order valence-electron chi connectivity index (χ3n) is 1.86. The molecule has 11 heavy (non-hydrogen) atoms. The summed E-state index contributed by atoms with van der Waals surface area (Å²) in [4.78, 5) is 0. The van der Waals surface area contributed by atoms with Gasteiger partial charge in [-0.3, -0.25) is 0 Å². The second-order valence-corrected chi connectivity index (χ2v) is 2.77. The Balaban J connectivity index is 1.91. The Hall–Kier alpha value is -1.04. The molecule has 0 heterocycles. The van der Waals surface area contributed by atoms with Crippen molar-refractivity contribution in [3.8, 4) is 0 Å². The van der Waals surface area contributed by atoms with Crippen LogP contribution in [0.1, 0.15) is 12.8 Å². The molecule has 0 aromatic rings. The van der Waals surface area contributed by atoms with E-state index in [9.17, 15) is 0 Å². The van der Waals surface area contributed by atoms with Gasteiger partial charge in [-0.1, -0.05) is 47.6 Å². The van der Waals surface area contributed by atoms with Crippen LogP contribution >= 0.6 is 0 Å². The van der Waals surface area contributed by atoms with Gasteiger partial charge < -0.3 is 0 Å². The van der Waals surface area contributed by atoms with Gasteiger partial charge in [0.25, 0.3) is 0 Å². The lowest BCUT2D eigenvalue weighted by Crippen LogP contribution is -1.83. The van der Waals surface area contributed by atoms with Crippen LogP contribution in [0.5, 0.6) is 0 Å². The van der Waals surface area contributed by atoms with Gasteiger partial charge in [0.05, 0.1) is 0 Å². The van der Waals surface area contributed by atoms with Gasteiger partial charge in [0.2, 0.25) is 0 Å². The Morgan fingerprint density at radius 2 is 1.45 bits per heavy atom. The summed E-state index contributed by atoms with van der Waals surface area (Å²) in [5, 5.41) is 0. The highest BCUT2D eigenvalue weighted by atomic mass is 14.1. The highest BCUT2D eigenvalue weighted by Crippen LogP contribution is 2.22. The van der Waals surface area contributed by atoms with Crippen LogP contribution in [-0.2, 0) is 0 Å². The molecule has 0 bridgehead atoms. The second kappa shape index (κ2) is 2.91. The molecule has 0 unspecified atom stereocenters. The van der Waals surface area contributed by atoms with Gasteiger partial charge in [-0.2, -0.15) is 0 Å². The van der Waals surface area contributed by atoms with Crippen LogP contribution < -0.4 is 0 Å². The molecule has 0 heteroatoms. The lowest BCUT2D eigenvalue weighted by atomic mass is 10.0. The summed E-state index contributed by atoms with van der Waals surface area (Å²) in [6.07, 6.45) is 18.2. The molecule has 2 aliphatic rings. The number of allylic oxidation sites excluding steroid dienone is 8. The first kappa shape index (κ1) is 6.66. The van der Waals surface area contributed by atoms with Crippen LogP contribution in [0, 0.1) is 6.42 Å². The predicted octanol–water partition coefficient (Wildman–Crippen LogP) is 2.84. The molecule has 2 radical (unpaired) electrons. The summed E-state index contributed by atoms with van der Waals surface area (Å²) in [6, 6.07) is 0. The summed E-state index contributed by atoms with van der Waals surface area (Å²) in [6.45, 7) is 0. The largest absolute Gasteiger partial charge is 0.0804 e. The minimum absolute atomic E-state index is 1.05. The first-order valence-electron chi connectivity index (χ1n) is 3.93. The van der Waals surface area contributed by atoms with Crippen LogP contribution in [-0.4, -0.2) is 0 Å². The first-order valence-corrected chi connectivity index (χ1v) is 3.93. The van der Waals surface area contributed by atoms with Crippen molar-refractivity contribution in [3.05, 3.63) is 54.0 Å². The average Bonchev–Trinajstić information content (AvgIpc) is 2.60. The maximum Gasteiger partial charge on any atom is 0.0419 e. The monoisotopic (exact) mass is 142 g/mol. The fourth-order valence-corrected chi connectivity index (χ4v) is 1.29. The summed E-state index contributed by atoms with van der Waals surface area (Å²) in [7, 11) is 0. The van der Waals surface area contributed by atoms with Gasteiger partial charge in [-0.25, -0.2) is 0 Å². The fourth-order valence-electron chi connectivity index (χ4n) is 1.29. The van der Waals surface area contributed by atoms with E-state index in [0.29, 0.717) is 0 Å². The van der Waals surface area contributed by atoms with Crippen LogP contribution in [0.15, 0.2) is 47.6 Å². The zero-order chi connectivity index (χ0) is 7.52. The van der Waals surface area contributed by atoms with E-state index in [1.165, 1.54) is 11.1 Å². The standard InChI is InChI=1S/C11H10/c1-2-6-10(5-1)9-11-7-3-4-8-11/h1-5,7H,6,8H2. The van der Waals surface area contributed by atoms with E-state index < -0.39 is 0 Å². The minimum atomic E-state index is 1.05. The fraction of sp³-hybridized carbons (Fsp3) is 0.182. The van der Waals surface area contributed by atoms with Gasteiger partial charge in [-0.15, -0.1) is 0 Å². The molecule has 0 saturated carbocycles. The minimum Gasteiger partial charge on any atom is -0.0804 e. The van der Waals surface area contributed by atoms with Crippen LogP contribution in [0.25, 0.3) is 0 Å². The van der Waals surface area contributed by atoms with Crippen molar-refractivity contribution in [3.63, 3.8) is 0 Å². The first-order chi connectivity index (χ1) is 5.45. The Kier molecular flexibility index (Phi) is 1.76. The zero-order valence-corrected chi connectivity index (χ0v) is 6.38. The van der Waals surface area contributed by atoms with E-state index in [1.807, 2.05) is 0 Å². The normalized spacial score (nSPS) is 20.7. The van der Waals surface area contributed by atoms with Crippen molar-refractivity contribution in [2.75, 3.05) is 0 Å². The van der Waals surface area contributed by atoms with Crippen molar-refractivity contribution < 1.29 is 0 Å². The SMILES string of the molecule is [C](C1=CC=CC1)C1=CC=CC1. The highest BCUT2D eigenvalue weighted by Gasteiger charge is 2.05. The van der Waals surface area contributed by atoms with E-state index in [-0.39, 0.29) is 0 Å². The molecular weight excluding hydrogens is 132 g/mol. The van der Waals surface area contributed by atoms with Gasteiger partial charge in [0.15, 0.2) is 0 Å². The summed E-state index contributed by atoms with van der Waals surface area (Å²) < 4.78 is 0. The lowest BCUT2D eigenvalue weighted by Gasteiger charge is -1.99. The molecule has 0 aromatic heterocycles. The summed E-state index contributed by atoms with van der Waals surface area (Å²) in [5.74, 6) is 0. The smallest absolute Gasteiger partial charge is 0.0419 e. The van der Waals surface area contributed by atoms with Gasteiger partial charge in [0, 0.05) is 6.42 Å². The highest BCUT2D eigenvalue weighted by molar-refractivity contribution is 5.41. The van der Waals surface area contributed by atoms with Gasteiger partial charge in [-0.05, 0) is 12.8 Å². The van der Waals surface area contributed by atoms with Crippen LogP contribution in [0.4, 0.5) is 0 Å². The van der Waals surface area contributed by atoms with Gasteiger partial charge >= 0.3 is 0 Å². The van der Waals surface area contributed by atoms with Gasteiger partial charge in [0.1, 0.15) is 0 Å². The molecule has 2 rings (SSSR count). The predicted molar refractivity (Wildman–Crippen MR) is 46.9 cm³/mol. The van der Waals surface area contributed by atoms with Crippen molar-refractivity contribution in [2.24, 2.45) is 0 Å². The molecule has 0 atom stereocenters. The van der Waals surface area contributed by atoms with Crippen molar-refractivity contribution >= 4 is 0 Å². The molecule has 2 aliphatic carbocycles. The molecule has 0 N–H and O–H groups in total. The van der Waals surface area contributed by atoms with Crippen LogP contribution in [0.3, 0.4) is 0 Å².